The highest BCUT2D eigenvalue weighted by atomic mass is 15.3. The van der Waals surface area contributed by atoms with E-state index in [0.717, 1.165) is 32.1 Å². The molecule has 0 spiro atoms. The Balaban J connectivity index is 1.53. The fourth-order valence-electron chi connectivity index (χ4n) is 3.99. The number of benzene rings is 1. The smallest absolute Gasteiger partial charge is 0.193 e. The van der Waals surface area contributed by atoms with Gasteiger partial charge >= 0.3 is 0 Å². The molecular weight excluding hydrogens is 348 g/mol. The van der Waals surface area contributed by atoms with Crippen molar-refractivity contribution in [2.75, 3.05) is 38.6 Å². The zero-order valence-electron chi connectivity index (χ0n) is 17.9. The third-order valence-electron chi connectivity index (χ3n) is 5.42. The summed E-state index contributed by atoms with van der Waals surface area (Å²) in [6.45, 7) is 8.36. The monoisotopic (exact) mass is 382 g/mol. The second-order valence-electron chi connectivity index (χ2n) is 8.09. The first-order valence-electron chi connectivity index (χ1n) is 10.2. The lowest BCUT2D eigenvalue weighted by atomic mass is 10.1. The molecule has 0 amide bonds. The van der Waals surface area contributed by atoms with E-state index in [1.165, 1.54) is 23.4 Å². The van der Waals surface area contributed by atoms with E-state index in [-0.39, 0.29) is 0 Å². The molecule has 152 valence electrons. The summed E-state index contributed by atoms with van der Waals surface area (Å²) in [5, 5.41) is 8.20. The van der Waals surface area contributed by atoms with E-state index in [9.17, 15) is 0 Å². The van der Waals surface area contributed by atoms with Crippen molar-refractivity contribution >= 4 is 11.6 Å². The van der Waals surface area contributed by atoms with Gasteiger partial charge in [0.25, 0.3) is 0 Å². The fraction of sp³-hybridized carbons (Fsp3) is 0.545. The summed E-state index contributed by atoms with van der Waals surface area (Å²) in [5.74, 6) is 1.99. The molecule has 0 saturated carbocycles. The number of hydrogen-bond donors (Lipinski definition) is 1. The minimum Gasteiger partial charge on any atom is -0.371 e. The maximum Gasteiger partial charge on any atom is 0.193 e. The van der Waals surface area contributed by atoms with Crippen LogP contribution in [-0.2, 0) is 13.6 Å². The first-order chi connectivity index (χ1) is 13.5. The molecule has 2 aromatic rings. The maximum absolute atomic E-state index is 4.62. The van der Waals surface area contributed by atoms with Crippen molar-refractivity contribution in [2.24, 2.45) is 18.0 Å². The Morgan fingerprint density at radius 1 is 1.32 bits per heavy atom. The molecule has 0 radical (unpaired) electrons. The average molecular weight is 383 g/mol. The summed E-state index contributed by atoms with van der Waals surface area (Å²) in [5.41, 5.74) is 3.75. The van der Waals surface area contributed by atoms with Crippen molar-refractivity contribution in [3.05, 3.63) is 47.8 Å². The second kappa shape index (κ2) is 9.13. The number of hydrogen-bond acceptors (Lipinski definition) is 3. The van der Waals surface area contributed by atoms with E-state index in [2.05, 4.69) is 82.6 Å². The van der Waals surface area contributed by atoms with Crippen molar-refractivity contribution in [3.63, 3.8) is 0 Å². The van der Waals surface area contributed by atoms with Gasteiger partial charge in [-0.15, -0.1) is 0 Å². The average Bonchev–Trinajstić information content (AvgIpc) is 3.29. The Kier molecular flexibility index (Phi) is 6.60. The predicted molar refractivity (Wildman–Crippen MR) is 117 cm³/mol. The lowest BCUT2D eigenvalue weighted by Crippen LogP contribution is -2.41. The summed E-state index contributed by atoms with van der Waals surface area (Å²) in [6, 6.07) is 10.7. The van der Waals surface area contributed by atoms with Crippen LogP contribution >= 0.6 is 0 Å². The van der Waals surface area contributed by atoms with Gasteiger partial charge in [-0.3, -0.25) is 9.67 Å². The first kappa shape index (κ1) is 20.2. The van der Waals surface area contributed by atoms with Crippen LogP contribution in [0, 0.1) is 5.92 Å². The number of anilines is 1. The number of aromatic nitrogens is 2. The van der Waals surface area contributed by atoms with Gasteiger partial charge in [-0.25, -0.2) is 0 Å². The molecule has 0 aliphatic carbocycles. The van der Waals surface area contributed by atoms with Crippen LogP contribution < -0.4 is 10.2 Å². The van der Waals surface area contributed by atoms with Gasteiger partial charge in [0.05, 0.1) is 5.69 Å². The second-order valence-corrected chi connectivity index (χ2v) is 8.09. The number of para-hydroxylation sites is 1. The van der Waals surface area contributed by atoms with Crippen LogP contribution in [-0.4, -0.2) is 54.4 Å². The van der Waals surface area contributed by atoms with E-state index in [0.29, 0.717) is 11.8 Å². The van der Waals surface area contributed by atoms with Gasteiger partial charge in [0.1, 0.15) is 0 Å². The largest absolute Gasteiger partial charge is 0.371 e. The number of nitrogens with one attached hydrogen (secondary N) is 1. The first-order valence-corrected chi connectivity index (χ1v) is 10.2. The van der Waals surface area contributed by atoms with Crippen LogP contribution in [0.1, 0.15) is 37.4 Å². The van der Waals surface area contributed by atoms with Gasteiger partial charge in [-0.05, 0) is 30.4 Å². The Morgan fingerprint density at radius 2 is 2.07 bits per heavy atom. The SMILES string of the molecule is CN=C(NCC1CCN(c2ccccc2)C1)N(C)Cc1cn(C)nc1C(C)C. The van der Waals surface area contributed by atoms with Crippen LogP contribution in [0.15, 0.2) is 41.5 Å². The molecule has 1 aliphatic heterocycles. The number of rotatable bonds is 6. The summed E-state index contributed by atoms with van der Waals surface area (Å²) >= 11 is 0. The lowest BCUT2D eigenvalue weighted by molar-refractivity contribution is 0.460. The number of aryl methyl sites for hydroxylation is 1. The van der Waals surface area contributed by atoms with Crippen molar-refractivity contribution < 1.29 is 0 Å². The molecule has 1 atom stereocenters. The standard InChI is InChI=1S/C22H34N6/c1-17(2)21-19(16-27(5)25-21)15-26(4)22(23-3)24-13-18-11-12-28(14-18)20-9-7-6-8-10-20/h6-10,16-18H,11-15H2,1-5H3,(H,23,24). The number of nitrogens with zero attached hydrogens (tertiary/aromatic N) is 5. The predicted octanol–water partition coefficient (Wildman–Crippen LogP) is 3.08. The van der Waals surface area contributed by atoms with E-state index in [4.69, 9.17) is 0 Å². The minimum atomic E-state index is 0.419. The number of guanidine groups is 1. The molecule has 2 heterocycles. The molecule has 1 N–H and O–H groups in total. The van der Waals surface area contributed by atoms with Crippen molar-refractivity contribution in [1.82, 2.24) is 20.0 Å². The molecule has 1 aromatic heterocycles. The summed E-state index contributed by atoms with van der Waals surface area (Å²) in [7, 11) is 5.94. The quantitative estimate of drug-likeness (QED) is 0.616. The highest BCUT2D eigenvalue weighted by Crippen LogP contribution is 2.23. The molecule has 1 unspecified atom stereocenters. The molecule has 6 nitrogen and oxygen atoms in total. The molecular formula is C22H34N6. The Bertz CT molecular complexity index is 780. The van der Waals surface area contributed by atoms with E-state index < -0.39 is 0 Å². The highest BCUT2D eigenvalue weighted by Gasteiger charge is 2.23. The molecule has 0 bridgehead atoms. The Hall–Kier alpha value is -2.50. The third kappa shape index (κ3) is 4.86. The van der Waals surface area contributed by atoms with E-state index in [1.807, 2.05) is 18.8 Å². The summed E-state index contributed by atoms with van der Waals surface area (Å²) in [4.78, 5) is 9.16. The van der Waals surface area contributed by atoms with Gasteiger partial charge < -0.3 is 15.1 Å². The van der Waals surface area contributed by atoms with Crippen LogP contribution in [0.2, 0.25) is 0 Å². The Labute approximate surface area is 169 Å². The minimum absolute atomic E-state index is 0.419. The van der Waals surface area contributed by atoms with Crippen LogP contribution in [0.3, 0.4) is 0 Å². The molecule has 1 fully saturated rings. The summed E-state index contributed by atoms with van der Waals surface area (Å²) in [6.07, 6.45) is 3.33. The Morgan fingerprint density at radius 3 is 2.75 bits per heavy atom. The molecule has 28 heavy (non-hydrogen) atoms. The summed E-state index contributed by atoms with van der Waals surface area (Å²) < 4.78 is 1.91. The van der Waals surface area contributed by atoms with Crippen molar-refractivity contribution in [1.29, 1.82) is 0 Å². The zero-order valence-corrected chi connectivity index (χ0v) is 17.9. The normalized spacial score (nSPS) is 17.4. The lowest BCUT2D eigenvalue weighted by Gasteiger charge is -2.24. The highest BCUT2D eigenvalue weighted by molar-refractivity contribution is 5.79. The van der Waals surface area contributed by atoms with Gasteiger partial charge in [0.2, 0.25) is 0 Å². The molecule has 1 aliphatic rings. The van der Waals surface area contributed by atoms with Crippen molar-refractivity contribution in [2.45, 2.75) is 32.7 Å². The van der Waals surface area contributed by atoms with Crippen LogP contribution in [0.4, 0.5) is 5.69 Å². The van der Waals surface area contributed by atoms with Gasteiger partial charge in [-0.2, -0.15) is 5.10 Å². The van der Waals surface area contributed by atoms with Crippen molar-refractivity contribution in [3.8, 4) is 0 Å². The molecule has 3 rings (SSSR count). The number of aliphatic imine (C=N–C) groups is 1. The van der Waals surface area contributed by atoms with E-state index >= 15 is 0 Å². The fourth-order valence-corrected chi connectivity index (χ4v) is 3.99. The van der Waals surface area contributed by atoms with E-state index in [1.54, 1.807) is 0 Å². The molecule has 1 aromatic carbocycles. The third-order valence-corrected chi connectivity index (χ3v) is 5.42. The van der Waals surface area contributed by atoms with Gasteiger partial charge in [-0.1, -0.05) is 32.0 Å². The molecule has 6 heteroatoms. The van der Waals surface area contributed by atoms with Crippen LogP contribution in [0.5, 0.6) is 0 Å². The van der Waals surface area contributed by atoms with Crippen LogP contribution in [0.25, 0.3) is 0 Å². The topological polar surface area (TPSA) is 48.7 Å². The van der Waals surface area contributed by atoms with Gasteiger partial charge in [0, 0.05) is 64.8 Å². The maximum atomic E-state index is 4.62. The van der Waals surface area contributed by atoms with Gasteiger partial charge in [0.15, 0.2) is 5.96 Å². The zero-order chi connectivity index (χ0) is 20.1. The molecule has 1 saturated heterocycles.